The second-order valence-corrected chi connectivity index (χ2v) is 4.78. The zero-order valence-corrected chi connectivity index (χ0v) is 11.9. The number of benzene rings is 1. The molecule has 0 atom stereocenters. The predicted octanol–water partition coefficient (Wildman–Crippen LogP) is 2.35. The summed E-state index contributed by atoms with van der Waals surface area (Å²) in [6.45, 7) is 3.91. The summed E-state index contributed by atoms with van der Waals surface area (Å²) in [7, 11) is 0. The monoisotopic (exact) mass is 284 g/mol. The van der Waals surface area contributed by atoms with Gasteiger partial charge in [0.15, 0.2) is 6.61 Å². The number of rotatable bonds is 5. The molecule has 0 fully saturated rings. The van der Waals surface area contributed by atoms with E-state index in [1.165, 1.54) is 0 Å². The standard InChI is InChI=1S/C15H16N4O2/c1-11(2)19-9-13(8-17-19)18-15(20)10-21-14-5-3-12(7-16)4-6-14/h3-6,8-9,11H,10H2,1-2H3,(H,18,20). The van der Waals surface area contributed by atoms with Crippen molar-refractivity contribution in [2.75, 3.05) is 11.9 Å². The highest BCUT2D eigenvalue weighted by Crippen LogP contribution is 2.12. The first-order chi connectivity index (χ1) is 10.1. The third-order valence-corrected chi connectivity index (χ3v) is 2.77. The van der Waals surface area contributed by atoms with Gasteiger partial charge >= 0.3 is 0 Å². The molecule has 6 nitrogen and oxygen atoms in total. The molecule has 0 unspecified atom stereocenters. The molecule has 1 amide bonds. The number of nitrogens with zero attached hydrogens (tertiary/aromatic N) is 3. The molecule has 0 aliphatic rings. The molecule has 0 spiro atoms. The summed E-state index contributed by atoms with van der Waals surface area (Å²) in [6.07, 6.45) is 3.36. The van der Waals surface area contributed by atoms with Crippen LogP contribution in [0, 0.1) is 11.3 Å². The fraction of sp³-hybridized carbons (Fsp3) is 0.267. The number of aromatic nitrogens is 2. The molecule has 0 saturated carbocycles. The van der Waals surface area contributed by atoms with Crippen LogP contribution in [0.3, 0.4) is 0 Å². The number of hydrogen-bond acceptors (Lipinski definition) is 4. The molecule has 2 rings (SSSR count). The minimum absolute atomic E-state index is 0.0985. The number of nitrogens with one attached hydrogen (secondary N) is 1. The normalized spacial score (nSPS) is 10.2. The van der Waals surface area contributed by atoms with Crippen molar-refractivity contribution in [3.05, 3.63) is 42.2 Å². The zero-order chi connectivity index (χ0) is 15.2. The van der Waals surface area contributed by atoms with Crippen LogP contribution in [0.2, 0.25) is 0 Å². The lowest BCUT2D eigenvalue weighted by molar-refractivity contribution is -0.118. The van der Waals surface area contributed by atoms with E-state index in [1.807, 2.05) is 19.9 Å². The Morgan fingerprint density at radius 2 is 2.14 bits per heavy atom. The maximum atomic E-state index is 11.8. The molecule has 0 saturated heterocycles. The Kier molecular flexibility index (Phi) is 4.57. The van der Waals surface area contributed by atoms with Crippen LogP contribution < -0.4 is 10.1 Å². The number of amides is 1. The van der Waals surface area contributed by atoms with Crippen molar-refractivity contribution < 1.29 is 9.53 Å². The molecule has 0 bridgehead atoms. The Hall–Kier alpha value is -2.81. The SMILES string of the molecule is CC(C)n1cc(NC(=O)COc2ccc(C#N)cc2)cn1. The Morgan fingerprint density at radius 1 is 1.43 bits per heavy atom. The Morgan fingerprint density at radius 3 is 2.71 bits per heavy atom. The number of carbonyl (C=O) groups excluding carboxylic acids is 1. The first-order valence-electron chi connectivity index (χ1n) is 6.55. The molecule has 0 aliphatic heterocycles. The molecular weight excluding hydrogens is 268 g/mol. The Balaban J connectivity index is 1.85. The number of hydrogen-bond donors (Lipinski definition) is 1. The van der Waals surface area contributed by atoms with E-state index in [0.717, 1.165) is 0 Å². The minimum atomic E-state index is -0.261. The smallest absolute Gasteiger partial charge is 0.262 e. The molecule has 6 heteroatoms. The first kappa shape index (κ1) is 14.6. The van der Waals surface area contributed by atoms with Crippen molar-refractivity contribution in [1.29, 1.82) is 5.26 Å². The van der Waals surface area contributed by atoms with Crippen molar-refractivity contribution in [2.24, 2.45) is 0 Å². The molecule has 1 aromatic carbocycles. The van der Waals surface area contributed by atoms with Crippen molar-refractivity contribution in [3.8, 4) is 11.8 Å². The van der Waals surface area contributed by atoms with Crippen molar-refractivity contribution in [2.45, 2.75) is 19.9 Å². The summed E-state index contributed by atoms with van der Waals surface area (Å²) in [4.78, 5) is 11.8. The third kappa shape index (κ3) is 4.08. The molecule has 1 N–H and O–H groups in total. The molecule has 21 heavy (non-hydrogen) atoms. The van der Waals surface area contributed by atoms with Crippen LogP contribution in [-0.2, 0) is 4.79 Å². The highest BCUT2D eigenvalue weighted by Gasteiger charge is 2.07. The van der Waals surface area contributed by atoms with E-state index in [9.17, 15) is 4.79 Å². The molecular formula is C15H16N4O2. The van der Waals surface area contributed by atoms with E-state index in [2.05, 4.69) is 10.4 Å². The molecule has 2 aromatic rings. The lowest BCUT2D eigenvalue weighted by Crippen LogP contribution is -2.19. The molecule has 1 aromatic heterocycles. The van der Waals surface area contributed by atoms with Gasteiger partial charge in [-0.25, -0.2) is 0 Å². The van der Waals surface area contributed by atoms with Crippen molar-refractivity contribution in [1.82, 2.24) is 9.78 Å². The van der Waals surface area contributed by atoms with E-state index in [-0.39, 0.29) is 18.6 Å². The van der Waals surface area contributed by atoms with Crippen LogP contribution in [0.15, 0.2) is 36.7 Å². The lowest BCUT2D eigenvalue weighted by Gasteiger charge is -2.06. The van der Waals surface area contributed by atoms with Crippen molar-refractivity contribution >= 4 is 11.6 Å². The molecule has 0 aliphatic carbocycles. The summed E-state index contributed by atoms with van der Waals surface area (Å²) >= 11 is 0. The van der Waals surface area contributed by atoms with E-state index in [0.29, 0.717) is 17.0 Å². The van der Waals surface area contributed by atoms with Gasteiger partial charge in [0.2, 0.25) is 0 Å². The average molecular weight is 284 g/mol. The third-order valence-electron chi connectivity index (χ3n) is 2.77. The molecule has 0 radical (unpaired) electrons. The minimum Gasteiger partial charge on any atom is -0.484 e. The van der Waals surface area contributed by atoms with Gasteiger partial charge in [-0.1, -0.05) is 0 Å². The van der Waals surface area contributed by atoms with Crippen LogP contribution in [0.25, 0.3) is 0 Å². The second kappa shape index (κ2) is 6.57. The Bertz CT molecular complexity index is 653. The molecule has 1 heterocycles. The van der Waals surface area contributed by atoms with Gasteiger partial charge in [0.25, 0.3) is 5.91 Å². The Labute approximate surface area is 123 Å². The van der Waals surface area contributed by atoms with Gasteiger partial charge in [0, 0.05) is 12.2 Å². The van der Waals surface area contributed by atoms with Gasteiger partial charge in [-0.2, -0.15) is 10.4 Å². The number of ether oxygens (including phenoxy) is 1. The summed E-state index contributed by atoms with van der Waals surface area (Å²) in [5, 5.41) is 15.5. The van der Waals surface area contributed by atoms with E-state index < -0.39 is 0 Å². The van der Waals surface area contributed by atoms with Gasteiger partial charge in [0.05, 0.1) is 23.5 Å². The topological polar surface area (TPSA) is 79.9 Å². The van der Waals surface area contributed by atoms with Gasteiger partial charge < -0.3 is 10.1 Å². The second-order valence-electron chi connectivity index (χ2n) is 4.78. The highest BCUT2D eigenvalue weighted by atomic mass is 16.5. The maximum absolute atomic E-state index is 11.8. The van der Waals surface area contributed by atoms with Gasteiger partial charge in [0.1, 0.15) is 5.75 Å². The van der Waals surface area contributed by atoms with Gasteiger partial charge in [-0.05, 0) is 38.1 Å². The largest absolute Gasteiger partial charge is 0.484 e. The van der Waals surface area contributed by atoms with Crippen molar-refractivity contribution in [3.63, 3.8) is 0 Å². The van der Waals surface area contributed by atoms with Crippen LogP contribution in [0.1, 0.15) is 25.5 Å². The van der Waals surface area contributed by atoms with Gasteiger partial charge in [-0.15, -0.1) is 0 Å². The summed E-state index contributed by atoms with van der Waals surface area (Å²) < 4.78 is 7.11. The number of carbonyl (C=O) groups is 1. The fourth-order valence-electron chi connectivity index (χ4n) is 1.66. The van der Waals surface area contributed by atoms with Crippen LogP contribution in [0.4, 0.5) is 5.69 Å². The van der Waals surface area contributed by atoms with Crippen LogP contribution >= 0.6 is 0 Å². The highest BCUT2D eigenvalue weighted by molar-refractivity contribution is 5.91. The van der Waals surface area contributed by atoms with Crippen LogP contribution in [0.5, 0.6) is 5.75 Å². The van der Waals surface area contributed by atoms with E-state index >= 15 is 0 Å². The maximum Gasteiger partial charge on any atom is 0.262 e. The number of anilines is 1. The summed E-state index contributed by atoms with van der Waals surface area (Å²) in [6, 6.07) is 8.85. The first-order valence-corrected chi connectivity index (χ1v) is 6.55. The van der Waals surface area contributed by atoms with E-state index in [4.69, 9.17) is 10.00 Å². The number of nitriles is 1. The average Bonchev–Trinajstić information content (AvgIpc) is 2.94. The predicted molar refractivity (Wildman–Crippen MR) is 77.9 cm³/mol. The van der Waals surface area contributed by atoms with Crippen LogP contribution in [-0.4, -0.2) is 22.3 Å². The molecule has 108 valence electrons. The van der Waals surface area contributed by atoms with Gasteiger partial charge in [-0.3, -0.25) is 9.48 Å². The quantitative estimate of drug-likeness (QED) is 0.914. The zero-order valence-electron chi connectivity index (χ0n) is 11.9. The fourth-order valence-corrected chi connectivity index (χ4v) is 1.66. The summed E-state index contributed by atoms with van der Waals surface area (Å²) in [5.41, 5.74) is 1.19. The van der Waals surface area contributed by atoms with E-state index in [1.54, 1.807) is 41.3 Å². The lowest BCUT2D eigenvalue weighted by atomic mass is 10.2. The summed E-state index contributed by atoms with van der Waals surface area (Å²) in [5.74, 6) is 0.282.